The molecule has 0 atom stereocenters. The number of hydrogen-bond donors (Lipinski definition) is 2. The van der Waals surface area contributed by atoms with Crippen molar-refractivity contribution in [2.24, 2.45) is 0 Å². The van der Waals surface area contributed by atoms with Crippen LogP contribution in [0.1, 0.15) is 5.56 Å². The van der Waals surface area contributed by atoms with Gasteiger partial charge in [-0.2, -0.15) is 5.10 Å². The molecule has 6 heteroatoms. The van der Waals surface area contributed by atoms with Crippen molar-refractivity contribution in [1.82, 2.24) is 9.78 Å². The standard InChI is InChI=1S/C21H17FN4O/c22-18-8-5-15(6-9-18)13-26-14-20(12-23-26)25-21(27)24-19-10-7-16-3-1-2-4-17(16)11-19/h1-12,14H,13H2,(H2,24,25,27). The Bertz CT molecular complexity index is 1090. The first-order valence-electron chi connectivity index (χ1n) is 8.49. The first-order chi connectivity index (χ1) is 13.2. The SMILES string of the molecule is O=C(Nc1ccc2ccccc2c1)Nc1cnn(Cc2ccc(F)cc2)c1. The minimum atomic E-state index is -0.341. The Morgan fingerprint density at radius 1 is 0.926 bits per heavy atom. The predicted molar refractivity (Wildman–Crippen MR) is 104 cm³/mol. The highest BCUT2D eigenvalue weighted by atomic mass is 19.1. The Labute approximate surface area is 155 Å². The lowest BCUT2D eigenvalue weighted by molar-refractivity contribution is 0.262. The second kappa shape index (κ2) is 7.29. The second-order valence-corrected chi connectivity index (χ2v) is 6.19. The van der Waals surface area contributed by atoms with Crippen LogP contribution in [0, 0.1) is 5.82 Å². The molecule has 27 heavy (non-hydrogen) atoms. The first-order valence-corrected chi connectivity index (χ1v) is 8.49. The lowest BCUT2D eigenvalue weighted by Gasteiger charge is -2.07. The normalized spacial score (nSPS) is 10.7. The Morgan fingerprint density at radius 3 is 2.48 bits per heavy atom. The van der Waals surface area contributed by atoms with Gasteiger partial charge in [-0.3, -0.25) is 4.68 Å². The van der Waals surface area contributed by atoms with Crippen LogP contribution in [-0.2, 0) is 6.54 Å². The van der Waals surface area contributed by atoms with Crippen molar-refractivity contribution in [3.05, 3.63) is 90.5 Å². The van der Waals surface area contributed by atoms with E-state index in [1.807, 2.05) is 42.5 Å². The molecule has 0 aliphatic heterocycles. The first kappa shape index (κ1) is 16.8. The van der Waals surface area contributed by atoms with E-state index in [0.29, 0.717) is 17.9 Å². The third-order valence-corrected chi connectivity index (χ3v) is 4.16. The lowest BCUT2D eigenvalue weighted by atomic mass is 10.1. The Hall–Kier alpha value is -3.67. The summed E-state index contributed by atoms with van der Waals surface area (Å²) in [4.78, 5) is 12.2. The minimum Gasteiger partial charge on any atom is -0.308 e. The number of hydrogen-bond acceptors (Lipinski definition) is 2. The molecule has 4 rings (SSSR count). The summed E-state index contributed by atoms with van der Waals surface area (Å²) in [6.45, 7) is 0.494. The third kappa shape index (κ3) is 4.12. The van der Waals surface area contributed by atoms with Crippen LogP contribution in [0.3, 0.4) is 0 Å². The summed E-state index contributed by atoms with van der Waals surface area (Å²) in [5.74, 6) is -0.271. The van der Waals surface area contributed by atoms with Gasteiger partial charge < -0.3 is 10.6 Å². The molecule has 1 aromatic heterocycles. The number of amides is 2. The van der Waals surface area contributed by atoms with Gasteiger partial charge in [0.25, 0.3) is 0 Å². The molecule has 0 aliphatic carbocycles. The van der Waals surface area contributed by atoms with E-state index >= 15 is 0 Å². The molecule has 4 aromatic rings. The summed E-state index contributed by atoms with van der Waals surface area (Å²) in [5.41, 5.74) is 2.21. The van der Waals surface area contributed by atoms with Gasteiger partial charge >= 0.3 is 6.03 Å². The summed E-state index contributed by atoms with van der Waals surface area (Å²) < 4.78 is 14.6. The molecular weight excluding hydrogens is 343 g/mol. The molecule has 134 valence electrons. The van der Waals surface area contributed by atoms with Gasteiger partial charge in [-0.15, -0.1) is 0 Å². The minimum absolute atomic E-state index is 0.271. The molecule has 2 N–H and O–H groups in total. The van der Waals surface area contributed by atoms with Crippen LogP contribution in [0.2, 0.25) is 0 Å². The summed E-state index contributed by atoms with van der Waals surface area (Å²) in [6.07, 6.45) is 3.30. The fraction of sp³-hybridized carbons (Fsp3) is 0.0476. The van der Waals surface area contributed by atoms with E-state index in [0.717, 1.165) is 16.3 Å². The largest absolute Gasteiger partial charge is 0.323 e. The van der Waals surface area contributed by atoms with Crippen molar-refractivity contribution in [3.63, 3.8) is 0 Å². The maximum Gasteiger partial charge on any atom is 0.323 e. The van der Waals surface area contributed by atoms with Gasteiger partial charge in [-0.25, -0.2) is 9.18 Å². The van der Waals surface area contributed by atoms with Crippen molar-refractivity contribution < 1.29 is 9.18 Å². The average Bonchev–Trinajstić information content (AvgIpc) is 3.10. The maximum absolute atomic E-state index is 13.0. The summed E-state index contributed by atoms with van der Waals surface area (Å²) in [6, 6.07) is 19.6. The van der Waals surface area contributed by atoms with Gasteiger partial charge in [0.05, 0.1) is 18.4 Å². The zero-order valence-corrected chi connectivity index (χ0v) is 14.4. The van der Waals surface area contributed by atoms with Crippen LogP contribution in [0.4, 0.5) is 20.6 Å². The molecule has 5 nitrogen and oxygen atoms in total. The van der Waals surface area contributed by atoms with Crippen molar-refractivity contribution in [3.8, 4) is 0 Å². The number of aromatic nitrogens is 2. The number of fused-ring (bicyclic) bond motifs is 1. The third-order valence-electron chi connectivity index (χ3n) is 4.16. The van der Waals surface area contributed by atoms with Gasteiger partial charge in [0, 0.05) is 11.9 Å². The van der Waals surface area contributed by atoms with E-state index in [1.165, 1.54) is 12.1 Å². The van der Waals surface area contributed by atoms with Crippen LogP contribution < -0.4 is 10.6 Å². The summed E-state index contributed by atoms with van der Waals surface area (Å²) in [7, 11) is 0. The highest BCUT2D eigenvalue weighted by Crippen LogP contribution is 2.19. The van der Waals surface area contributed by atoms with E-state index in [4.69, 9.17) is 0 Å². The molecule has 0 radical (unpaired) electrons. The molecule has 3 aromatic carbocycles. The van der Waals surface area contributed by atoms with Crippen LogP contribution >= 0.6 is 0 Å². The Morgan fingerprint density at radius 2 is 1.67 bits per heavy atom. The van der Waals surface area contributed by atoms with Crippen molar-refractivity contribution in [2.45, 2.75) is 6.54 Å². The molecule has 0 bridgehead atoms. The van der Waals surface area contributed by atoms with Crippen LogP contribution in [-0.4, -0.2) is 15.8 Å². The molecule has 0 saturated carbocycles. The van der Waals surface area contributed by atoms with Gasteiger partial charge in [0.1, 0.15) is 5.82 Å². The number of nitrogens with zero attached hydrogens (tertiary/aromatic N) is 2. The van der Waals surface area contributed by atoms with Crippen LogP contribution in [0.5, 0.6) is 0 Å². The fourth-order valence-corrected chi connectivity index (χ4v) is 2.85. The molecule has 0 fully saturated rings. The van der Waals surface area contributed by atoms with Crippen molar-refractivity contribution >= 4 is 28.2 Å². The van der Waals surface area contributed by atoms with E-state index < -0.39 is 0 Å². The highest BCUT2D eigenvalue weighted by Gasteiger charge is 2.06. The zero-order chi connectivity index (χ0) is 18.6. The van der Waals surface area contributed by atoms with Gasteiger partial charge in [0.2, 0.25) is 0 Å². The zero-order valence-electron chi connectivity index (χ0n) is 14.4. The summed E-state index contributed by atoms with van der Waals surface area (Å²) >= 11 is 0. The second-order valence-electron chi connectivity index (χ2n) is 6.19. The van der Waals surface area contributed by atoms with Gasteiger partial charge in [-0.1, -0.05) is 42.5 Å². The highest BCUT2D eigenvalue weighted by molar-refractivity contribution is 6.01. The van der Waals surface area contributed by atoms with Gasteiger partial charge in [0.15, 0.2) is 0 Å². The molecule has 0 unspecified atom stereocenters. The maximum atomic E-state index is 13.0. The number of anilines is 2. The quantitative estimate of drug-likeness (QED) is 0.546. The monoisotopic (exact) mass is 360 g/mol. The number of carbonyl (C=O) groups excluding carboxylic acids is 1. The van der Waals surface area contributed by atoms with E-state index in [2.05, 4.69) is 15.7 Å². The Balaban J connectivity index is 1.39. The molecule has 0 aliphatic rings. The molecular formula is C21H17FN4O. The predicted octanol–water partition coefficient (Wildman–Crippen LogP) is 4.87. The van der Waals surface area contributed by atoms with Gasteiger partial charge in [-0.05, 0) is 40.6 Å². The van der Waals surface area contributed by atoms with Crippen molar-refractivity contribution in [1.29, 1.82) is 0 Å². The number of rotatable bonds is 4. The lowest BCUT2D eigenvalue weighted by Crippen LogP contribution is -2.19. The Kier molecular flexibility index (Phi) is 4.53. The molecule has 1 heterocycles. The molecule has 0 saturated heterocycles. The number of benzene rings is 3. The van der Waals surface area contributed by atoms with E-state index in [9.17, 15) is 9.18 Å². The average molecular weight is 360 g/mol. The van der Waals surface area contributed by atoms with Crippen LogP contribution in [0.25, 0.3) is 10.8 Å². The summed E-state index contributed by atoms with van der Waals surface area (Å²) in [5, 5.41) is 12.0. The molecule has 2 amide bonds. The topological polar surface area (TPSA) is 59.0 Å². The number of urea groups is 1. The number of halogens is 1. The van der Waals surface area contributed by atoms with E-state index in [1.54, 1.807) is 29.2 Å². The van der Waals surface area contributed by atoms with Crippen LogP contribution in [0.15, 0.2) is 79.1 Å². The van der Waals surface area contributed by atoms with Crippen molar-refractivity contribution in [2.75, 3.05) is 10.6 Å². The van der Waals surface area contributed by atoms with E-state index in [-0.39, 0.29) is 11.8 Å². The number of carbonyl (C=O) groups is 1. The smallest absolute Gasteiger partial charge is 0.308 e. The fourth-order valence-electron chi connectivity index (χ4n) is 2.85. The number of nitrogens with one attached hydrogen (secondary N) is 2. The molecule has 0 spiro atoms.